The van der Waals surface area contributed by atoms with Gasteiger partial charge in [0, 0.05) is 12.8 Å². The summed E-state index contributed by atoms with van der Waals surface area (Å²) in [5, 5.41) is 11.4. The normalized spacial score (nSPS) is 20.5. The number of allylic oxidation sites excluding steroid dienone is 1. The van der Waals surface area contributed by atoms with E-state index in [1.165, 1.54) is 4.80 Å². The lowest BCUT2D eigenvalue weighted by Crippen LogP contribution is -2.38. The predicted molar refractivity (Wildman–Crippen MR) is 45.7 cm³/mol. The summed E-state index contributed by atoms with van der Waals surface area (Å²) in [5.74, 6) is -2.14. The van der Waals surface area contributed by atoms with Gasteiger partial charge in [0.15, 0.2) is 5.82 Å². The molecule has 1 aromatic rings. The minimum atomic E-state index is -2.55. The van der Waals surface area contributed by atoms with E-state index in [9.17, 15) is 8.78 Å². The average molecular weight is 200 g/mol. The van der Waals surface area contributed by atoms with Crippen LogP contribution in [-0.4, -0.2) is 26.1 Å². The Balaban J connectivity index is 2.08. The first kappa shape index (κ1) is 9.23. The summed E-state index contributed by atoms with van der Waals surface area (Å²) in [6, 6.07) is -0.314. The summed E-state index contributed by atoms with van der Waals surface area (Å²) in [5.41, 5.74) is 0.683. The Morgan fingerprint density at radius 1 is 1.57 bits per heavy atom. The molecule has 0 amide bonds. The molecule has 0 bridgehead atoms. The van der Waals surface area contributed by atoms with Crippen LogP contribution in [0.5, 0.6) is 0 Å². The van der Waals surface area contributed by atoms with Crippen LogP contribution < -0.4 is 0 Å². The highest BCUT2D eigenvalue weighted by molar-refractivity contribution is 5.52. The van der Waals surface area contributed by atoms with Crippen molar-refractivity contribution in [2.24, 2.45) is 0 Å². The van der Waals surface area contributed by atoms with Crippen LogP contribution in [0.4, 0.5) is 8.78 Å². The number of rotatable bonds is 2. The zero-order valence-corrected chi connectivity index (χ0v) is 7.74. The number of halogens is 2. The van der Waals surface area contributed by atoms with Crippen LogP contribution in [0, 0.1) is 0 Å². The van der Waals surface area contributed by atoms with Crippen molar-refractivity contribution in [3.05, 3.63) is 12.4 Å². The number of nitrogens with zero attached hydrogens (tertiary/aromatic N) is 4. The molecule has 1 aliphatic rings. The van der Waals surface area contributed by atoms with Crippen LogP contribution in [0.2, 0.25) is 0 Å². The van der Waals surface area contributed by atoms with Gasteiger partial charge in [-0.1, -0.05) is 6.58 Å². The van der Waals surface area contributed by atoms with Gasteiger partial charge >= 0.3 is 0 Å². The van der Waals surface area contributed by atoms with Gasteiger partial charge in [0.05, 0.1) is 6.04 Å². The second-order valence-electron chi connectivity index (χ2n) is 3.63. The average Bonchev–Trinajstić information content (AvgIpc) is 2.47. The van der Waals surface area contributed by atoms with Crippen LogP contribution in [0.15, 0.2) is 6.58 Å². The smallest absolute Gasteiger partial charge is 0.207 e. The van der Waals surface area contributed by atoms with Crippen LogP contribution in [0.25, 0.3) is 5.57 Å². The van der Waals surface area contributed by atoms with Crippen molar-refractivity contribution < 1.29 is 8.78 Å². The lowest BCUT2D eigenvalue weighted by Gasteiger charge is -2.33. The third-order valence-electron chi connectivity index (χ3n) is 2.21. The molecule has 0 atom stereocenters. The minimum Gasteiger partial charge on any atom is -0.207 e. The zero-order valence-electron chi connectivity index (χ0n) is 7.74. The maximum atomic E-state index is 12.5. The largest absolute Gasteiger partial charge is 0.252 e. The van der Waals surface area contributed by atoms with Crippen LogP contribution >= 0.6 is 0 Å². The van der Waals surface area contributed by atoms with Gasteiger partial charge in [-0.15, -0.1) is 10.2 Å². The lowest BCUT2D eigenvalue weighted by molar-refractivity contribution is -0.110. The van der Waals surface area contributed by atoms with E-state index in [1.54, 1.807) is 6.92 Å². The molecule has 0 aliphatic heterocycles. The molecule has 0 N–H and O–H groups in total. The van der Waals surface area contributed by atoms with E-state index in [-0.39, 0.29) is 18.9 Å². The monoisotopic (exact) mass is 200 g/mol. The van der Waals surface area contributed by atoms with Gasteiger partial charge in [-0.05, 0) is 17.7 Å². The lowest BCUT2D eigenvalue weighted by atomic mass is 9.89. The van der Waals surface area contributed by atoms with Crippen molar-refractivity contribution in [1.29, 1.82) is 0 Å². The summed E-state index contributed by atoms with van der Waals surface area (Å²) < 4.78 is 25.1. The van der Waals surface area contributed by atoms with E-state index < -0.39 is 5.92 Å². The first-order valence-corrected chi connectivity index (χ1v) is 4.31. The standard InChI is InChI=1S/C8H10F2N4/c1-5(2)7-11-13-14(12-7)6-3-8(9,10)4-6/h6H,1,3-4H2,2H3. The number of tetrazole rings is 1. The second kappa shape index (κ2) is 2.83. The molecule has 1 heterocycles. The molecule has 14 heavy (non-hydrogen) atoms. The van der Waals surface area contributed by atoms with Gasteiger partial charge in [-0.25, -0.2) is 8.78 Å². The summed E-state index contributed by atoms with van der Waals surface area (Å²) in [4.78, 5) is 1.25. The fraction of sp³-hybridized carbons (Fsp3) is 0.625. The maximum Gasteiger partial charge on any atom is 0.252 e. The van der Waals surface area contributed by atoms with Crippen molar-refractivity contribution in [2.45, 2.75) is 31.7 Å². The number of aromatic nitrogens is 4. The quantitative estimate of drug-likeness (QED) is 0.729. The van der Waals surface area contributed by atoms with Gasteiger partial charge in [-0.2, -0.15) is 4.80 Å². The Labute approximate surface area is 79.6 Å². The van der Waals surface area contributed by atoms with E-state index >= 15 is 0 Å². The highest BCUT2D eigenvalue weighted by atomic mass is 19.3. The molecule has 1 saturated carbocycles. The summed E-state index contributed by atoms with van der Waals surface area (Å²) in [6.07, 6.45) is -0.391. The molecule has 4 nitrogen and oxygen atoms in total. The minimum absolute atomic E-state index is 0.195. The van der Waals surface area contributed by atoms with Crippen LogP contribution in [-0.2, 0) is 0 Å². The molecule has 1 fully saturated rings. The van der Waals surface area contributed by atoms with Crippen LogP contribution in [0.3, 0.4) is 0 Å². The Kier molecular flexibility index (Phi) is 1.87. The van der Waals surface area contributed by atoms with Crippen LogP contribution in [0.1, 0.15) is 31.6 Å². The molecule has 1 aromatic heterocycles. The number of hydrogen-bond donors (Lipinski definition) is 0. The third kappa shape index (κ3) is 1.51. The molecule has 0 aromatic carbocycles. The molecular formula is C8H10F2N4. The van der Waals surface area contributed by atoms with Gasteiger partial charge in [-0.3, -0.25) is 0 Å². The van der Waals surface area contributed by atoms with E-state index in [4.69, 9.17) is 0 Å². The highest BCUT2D eigenvalue weighted by Gasteiger charge is 2.47. The third-order valence-corrected chi connectivity index (χ3v) is 2.21. The summed E-state index contributed by atoms with van der Waals surface area (Å²) >= 11 is 0. The zero-order chi connectivity index (χ0) is 10.3. The van der Waals surface area contributed by atoms with Crippen molar-refractivity contribution in [3.8, 4) is 0 Å². The Hall–Kier alpha value is -1.33. The Morgan fingerprint density at radius 3 is 2.64 bits per heavy atom. The van der Waals surface area contributed by atoms with Gasteiger partial charge in [0.1, 0.15) is 0 Å². The Bertz CT molecular complexity index is 363. The second-order valence-corrected chi connectivity index (χ2v) is 3.63. The number of hydrogen-bond acceptors (Lipinski definition) is 3. The van der Waals surface area contributed by atoms with Crippen molar-refractivity contribution in [2.75, 3.05) is 0 Å². The molecule has 1 aliphatic carbocycles. The molecule has 0 unspecified atom stereocenters. The van der Waals surface area contributed by atoms with E-state index in [0.717, 1.165) is 0 Å². The fourth-order valence-corrected chi connectivity index (χ4v) is 1.34. The van der Waals surface area contributed by atoms with E-state index in [2.05, 4.69) is 22.0 Å². The van der Waals surface area contributed by atoms with Gasteiger partial charge in [0.25, 0.3) is 5.92 Å². The number of alkyl halides is 2. The highest BCUT2D eigenvalue weighted by Crippen LogP contribution is 2.44. The van der Waals surface area contributed by atoms with E-state index in [0.29, 0.717) is 11.4 Å². The summed E-state index contributed by atoms with van der Waals surface area (Å²) in [6.45, 7) is 5.39. The maximum absolute atomic E-state index is 12.5. The topological polar surface area (TPSA) is 43.6 Å². The SMILES string of the molecule is C=C(C)c1nnn(C2CC(F)(F)C2)n1. The molecule has 0 radical (unpaired) electrons. The predicted octanol–water partition coefficient (Wildman–Crippen LogP) is 1.68. The molecule has 0 spiro atoms. The molecule has 0 saturated heterocycles. The molecule has 6 heteroatoms. The van der Waals surface area contributed by atoms with Crippen molar-refractivity contribution in [1.82, 2.24) is 20.2 Å². The van der Waals surface area contributed by atoms with Gasteiger partial charge in [0.2, 0.25) is 0 Å². The summed E-state index contributed by atoms with van der Waals surface area (Å²) in [7, 11) is 0. The van der Waals surface area contributed by atoms with Crippen molar-refractivity contribution >= 4 is 5.57 Å². The first-order valence-electron chi connectivity index (χ1n) is 4.31. The van der Waals surface area contributed by atoms with Gasteiger partial charge < -0.3 is 0 Å². The molecule has 2 rings (SSSR count). The van der Waals surface area contributed by atoms with E-state index in [1.807, 2.05) is 0 Å². The Morgan fingerprint density at radius 2 is 2.21 bits per heavy atom. The van der Waals surface area contributed by atoms with Crippen molar-refractivity contribution in [3.63, 3.8) is 0 Å². The fourth-order valence-electron chi connectivity index (χ4n) is 1.34. The molecule has 76 valence electrons. The first-order chi connectivity index (χ1) is 6.48. The molecular weight excluding hydrogens is 190 g/mol.